The summed E-state index contributed by atoms with van der Waals surface area (Å²) in [5.41, 5.74) is 4.57. The largest absolute Gasteiger partial charge is 0.350 e. The summed E-state index contributed by atoms with van der Waals surface area (Å²) in [5, 5.41) is 11.8. The zero-order chi connectivity index (χ0) is 18.8. The zero-order valence-corrected chi connectivity index (χ0v) is 15.7. The molecule has 6 heteroatoms. The Morgan fingerprint density at radius 2 is 1.89 bits per heavy atom. The van der Waals surface area contributed by atoms with Crippen LogP contribution >= 0.6 is 11.6 Å². The summed E-state index contributed by atoms with van der Waals surface area (Å²) in [7, 11) is 0. The maximum Gasteiger partial charge on any atom is 0.276 e. The Bertz CT molecular complexity index is 988. The number of carbonyl (C=O) groups excluding carboxylic acids is 1. The molecule has 1 amide bonds. The molecule has 2 aromatic carbocycles. The summed E-state index contributed by atoms with van der Waals surface area (Å²) in [4.78, 5) is 14.6. The van der Waals surface area contributed by atoms with E-state index in [1.807, 2.05) is 19.1 Å². The van der Waals surface area contributed by atoms with Crippen LogP contribution in [0.3, 0.4) is 0 Å². The SMILES string of the molecule is Cc1ccc(Cl)cc1NC(=O)c1ccc(N2CCc3ccccc3C2)nn1. The molecule has 2 heterocycles. The van der Waals surface area contributed by atoms with Crippen LogP contribution in [-0.4, -0.2) is 22.6 Å². The topological polar surface area (TPSA) is 58.1 Å². The number of nitrogens with zero attached hydrogens (tertiary/aromatic N) is 3. The van der Waals surface area contributed by atoms with E-state index in [0.29, 0.717) is 10.7 Å². The molecule has 0 radical (unpaired) electrons. The number of aryl methyl sites for hydroxylation is 1. The lowest BCUT2D eigenvalue weighted by molar-refractivity contribution is 0.102. The molecule has 0 bridgehead atoms. The summed E-state index contributed by atoms with van der Waals surface area (Å²) < 4.78 is 0. The molecule has 1 aromatic heterocycles. The van der Waals surface area contributed by atoms with Crippen molar-refractivity contribution < 1.29 is 4.79 Å². The van der Waals surface area contributed by atoms with Crippen molar-refractivity contribution in [2.45, 2.75) is 19.9 Å². The first-order valence-corrected chi connectivity index (χ1v) is 9.21. The van der Waals surface area contributed by atoms with Gasteiger partial charge in [-0.1, -0.05) is 41.9 Å². The van der Waals surface area contributed by atoms with Gasteiger partial charge in [-0.15, -0.1) is 10.2 Å². The minimum Gasteiger partial charge on any atom is -0.350 e. The number of nitrogens with one attached hydrogen (secondary N) is 1. The molecular weight excluding hydrogens is 360 g/mol. The predicted molar refractivity (Wildman–Crippen MR) is 107 cm³/mol. The number of aromatic nitrogens is 2. The highest BCUT2D eigenvalue weighted by atomic mass is 35.5. The van der Waals surface area contributed by atoms with Crippen LogP contribution in [-0.2, 0) is 13.0 Å². The van der Waals surface area contributed by atoms with E-state index >= 15 is 0 Å². The number of anilines is 2. The number of halogens is 1. The van der Waals surface area contributed by atoms with E-state index < -0.39 is 0 Å². The quantitative estimate of drug-likeness (QED) is 0.740. The van der Waals surface area contributed by atoms with Crippen molar-refractivity contribution in [3.8, 4) is 0 Å². The summed E-state index contributed by atoms with van der Waals surface area (Å²) in [5.74, 6) is 0.475. The van der Waals surface area contributed by atoms with Crippen LogP contribution in [0.4, 0.5) is 11.5 Å². The van der Waals surface area contributed by atoms with Gasteiger partial charge in [-0.05, 0) is 54.3 Å². The molecule has 0 atom stereocenters. The molecular formula is C21H19ClN4O. The fourth-order valence-corrected chi connectivity index (χ4v) is 3.39. The van der Waals surface area contributed by atoms with Crippen LogP contribution in [0.15, 0.2) is 54.6 Å². The van der Waals surface area contributed by atoms with Crippen molar-refractivity contribution in [3.63, 3.8) is 0 Å². The maximum atomic E-state index is 12.5. The van der Waals surface area contributed by atoms with Gasteiger partial charge >= 0.3 is 0 Å². The Morgan fingerprint density at radius 3 is 2.67 bits per heavy atom. The lowest BCUT2D eigenvalue weighted by atomic mass is 10.00. The van der Waals surface area contributed by atoms with Crippen molar-refractivity contribution in [3.05, 3.63) is 82.0 Å². The first kappa shape index (κ1) is 17.5. The van der Waals surface area contributed by atoms with E-state index in [2.05, 4.69) is 44.7 Å². The van der Waals surface area contributed by atoms with Crippen molar-refractivity contribution in [1.29, 1.82) is 0 Å². The smallest absolute Gasteiger partial charge is 0.276 e. The highest BCUT2D eigenvalue weighted by Crippen LogP contribution is 2.23. The second-order valence-electron chi connectivity index (χ2n) is 6.63. The summed E-state index contributed by atoms with van der Waals surface area (Å²) >= 11 is 6.00. The van der Waals surface area contributed by atoms with Gasteiger partial charge in [0.1, 0.15) is 0 Å². The van der Waals surface area contributed by atoms with Gasteiger partial charge in [0.05, 0.1) is 0 Å². The number of benzene rings is 2. The third kappa shape index (κ3) is 3.78. The van der Waals surface area contributed by atoms with Crippen LogP contribution in [0.1, 0.15) is 27.2 Å². The predicted octanol–water partition coefficient (Wildman–Crippen LogP) is 4.25. The number of rotatable bonds is 3. The Morgan fingerprint density at radius 1 is 1.07 bits per heavy atom. The zero-order valence-electron chi connectivity index (χ0n) is 14.9. The van der Waals surface area contributed by atoms with Gasteiger partial charge in [0.25, 0.3) is 5.91 Å². The van der Waals surface area contributed by atoms with E-state index in [4.69, 9.17) is 11.6 Å². The van der Waals surface area contributed by atoms with Gasteiger partial charge in [-0.2, -0.15) is 0 Å². The third-order valence-electron chi connectivity index (χ3n) is 4.79. The second kappa shape index (κ2) is 7.37. The lowest BCUT2D eigenvalue weighted by Gasteiger charge is -2.29. The molecule has 3 aromatic rings. The van der Waals surface area contributed by atoms with Gasteiger partial charge in [-0.25, -0.2) is 0 Å². The molecule has 0 aliphatic carbocycles. The van der Waals surface area contributed by atoms with E-state index in [0.717, 1.165) is 30.9 Å². The monoisotopic (exact) mass is 378 g/mol. The molecule has 0 fully saturated rings. The first-order valence-electron chi connectivity index (χ1n) is 8.83. The molecule has 1 aliphatic heterocycles. The Hall–Kier alpha value is -2.92. The van der Waals surface area contributed by atoms with Gasteiger partial charge in [-0.3, -0.25) is 4.79 Å². The van der Waals surface area contributed by atoms with E-state index in [-0.39, 0.29) is 11.6 Å². The van der Waals surface area contributed by atoms with Gasteiger partial charge < -0.3 is 10.2 Å². The van der Waals surface area contributed by atoms with Gasteiger partial charge in [0.15, 0.2) is 11.5 Å². The Labute approximate surface area is 163 Å². The van der Waals surface area contributed by atoms with Crippen molar-refractivity contribution in [1.82, 2.24) is 10.2 Å². The van der Waals surface area contributed by atoms with Gasteiger partial charge in [0, 0.05) is 23.8 Å². The van der Waals surface area contributed by atoms with Crippen LogP contribution < -0.4 is 10.2 Å². The number of carbonyl (C=O) groups is 1. The number of hydrogen-bond donors (Lipinski definition) is 1. The molecule has 136 valence electrons. The van der Waals surface area contributed by atoms with Crippen molar-refractivity contribution >= 4 is 29.0 Å². The fourth-order valence-electron chi connectivity index (χ4n) is 3.22. The first-order chi connectivity index (χ1) is 13.1. The minimum atomic E-state index is -0.302. The molecule has 0 saturated heterocycles. The highest BCUT2D eigenvalue weighted by Gasteiger charge is 2.18. The van der Waals surface area contributed by atoms with Crippen LogP contribution in [0.25, 0.3) is 0 Å². The number of hydrogen-bond acceptors (Lipinski definition) is 4. The molecule has 4 rings (SSSR count). The van der Waals surface area contributed by atoms with Crippen molar-refractivity contribution in [2.24, 2.45) is 0 Å². The fraction of sp³-hybridized carbons (Fsp3) is 0.190. The molecule has 27 heavy (non-hydrogen) atoms. The molecule has 1 aliphatic rings. The van der Waals surface area contributed by atoms with Crippen molar-refractivity contribution in [2.75, 3.05) is 16.8 Å². The van der Waals surface area contributed by atoms with E-state index in [1.54, 1.807) is 18.2 Å². The van der Waals surface area contributed by atoms with Crippen LogP contribution in [0.5, 0.6) is 0 Å². The third-order valence-corrected chi connectivity index (χ3v) is 5.02. The summed E-state index contributed by atoms with van der Waals surface area (Å²) in [6.45, 7) is 3.60. The molecule has 0 spiro atoms. The number of fused-ring (bicyclic) bond motifs is 1. The Kier molecular flexibility index (Phi) is 4.77. The average molecular weight is 379 g/mol. The van der Waals surface area contributed by atoms with E-state index in [9.17, 15) is 4.79 Å². The molecule has 0 saturated carbocycles. The standard InChI is InChI=1S/C21H19ClN4O/c1-14-6-7-17(22)12-19(14)23-21(27)18-8-9-20(25-24-18)26-11-10-15-4-2-3-5-16(15)13-26/h2-9,12H,10-11,13H2,1H3,(H,23,27). The Balaban J connectivity index is 1.48. The number of amides is 1. The second-order valence-corrected chi connectivity index (χ2v) is 7.07. The van der Waals surface area contributed by atoms with Gasteiger partial charge in [0.2, 0.25) is 0 Å². The average Bonchev–Trinajstić information content (AvgIpc) is 2.70. The van der Waals surface area contributed by atoms with E-state index in [1.165, 1.54) is 11.1 Å². The molecule has 5 nitrogen and oxygen atoms in total. The highest BCUT2D eigenvalue weighted by molar-refractivity contribution is 6.31. The maximum absolute atomic E-state index is 12.5. The summed E-state index contributed by atoms with van der Waals surface area (Å²) in [6.07, 6.45) is 0.980. The normalized spacial score (nSPS) is 13.2. The summed E-state index contributed by atoms with van der Waals surface area (Å²) in [6, 6.07) is 17.4. The lowest BCUT2D eigenvalue weighted by Crippen LogP contribution is -2.31. The van der Waals surface area contributed by atoms with Crippen LogP contribution in [0, 0.1) is 6.92 Å². The molecule has 0 unspecified atom stereocenters. The minimum absolute atomic E-state index is 0.274. The molecule has 1 N–H and O–H groups in total. The van der Waals surface area contributed by atoms with Crippen LogP contribution in [0.2, 0.25) is 5.02 Å².